The lowest BCUT2D eigenvalue weighted by molar-refractivity contribution is -0.384. The Morgan fingerprint density at radius 1 is 1.24 bits per heavy atom. The molecule has 0 aliphatic rings. The summed E-state index contributed by atoms with van der Waals surface area (Å²) >= 11 is 0. The second-order valence-corrected chi connectivity index (χ2v) is 4.43. The molecule has 0 spiro atoms. The highest BCUT2D eigenvalue weighted by Crippen LogP contribution is 2.22. The van der Waals surface area contributed by atoms with Crippen molar-refractivity contribution in [2.45, 2.75) is 13.1 Å². The van der Waals surface area contributed by atoms with Crippen LogP contribution in [0.1, 0.15) is 16.7 Å². The molecule has 0 saturated heterocycles. The summed E-state index contributed by atoms with van der Waals surface area (Å²) in [7, 11) is 0. The minimum Gasteiger partial charge on any atom is -0.380 e. The SMILES string of the molecule is N#Cc1cc([N+](=O)[O-])ccc1NCc1ccccc1CN. The molecule has 106 valence electrons. The fourth-order valence-corrected chi connectivity index (χ4v) is 2.01. The van der Waals surface area contributed by atoms with Crippen molar-refractivity contribution in [3.05, 3.63) is 69.3 Å². The van der Waals surface area contributed by atoms with E-state index < -0.39 is 4.92 Å². The van der Waals surface area contributed by atoms with E-state index in [0.717, 1.165) is 11.1 Å². The van der Waals surface area contributed by atoms with Crippen LogP contribution in [0.2, 0.25) is 0 Å². The van der Waals surface area contributed by atoms with Gasteiger partial charge in [-0.2, -0.15) is 5.26 Å². The molecule has 2 aromatic carbocycles. The first-order valence-electron chi connectivity index (χ1n) is 6.35. The zero-order valence-corrected chi connectivity index (χ0v) is 11.2. The molecule has 0 saturated carbocycles. The van der Waals surface area contributed by atoms with Gasteiger partial charge in [-0.05, 0) is 17.2 Å². The number of nitro groups is 1. The minimum absolute atomic E-state index is 0.0977. The fourth-order valence-electron chi connectivity index (χ4n) is 2.01. The van der Waals surface area contributed by atoms with Gasteiger partial charge in [-0.25, -0.2) is 0 Å². The van der Waals surface area contributed by atoms with Gasteiger partial charge in [0.2, 0.25) is 0 Å². The zero-order valence-electron chi connectivity index (χ0n) is 11.2. The summed E-state index contributed by atoms with van der Waals surface area (Å²) in [4.78, 5) is 10.2. The Balaban J connectivity index is 2.20. The van der Waals surface area contributed by atoms with Crippen LogP contribution in [0, 0.1) is 21.4 Å². The number of hydrogen-bond donors (Lipinski definition) is 2. The number of nitrogens with one attached hydrogen (secondary N) is 1. The summed E-state index contributed by atoms with van der Waals surface area (Å²) < 4.78 is 0. The first-order chi connectivity index (χ1) is 10.2. The first kappa shape index (κ1) is 14.5. The van der Waals surface area contributed by atoms with Gasteiger partial charge in [0.25, 0.3) is 5.69 Å². The number of benzene rings is 2. The molecule has 2 rings (SSSR count). The van der Waals surface area contributed by atoms with Crippen molar-refractivity contribution in [2.24, 2.45) is 5.73 Å². The van der Waals surface area contributed by atoms with Crippen LogP contribution < -0.4 is 11.1 Å². The molecule has 2 aromatic rings. The van der Waals surface area contributed by atoms with E-state index >= 15 is 0 Å². The number of nitro benzene ring substituents is 1. The van der Waals surface area contributed by atoms with Crippen molar-refractivity contribution in [2.75, 3.05) is 5.32 Å². The van der Waals surface area contributed by atoms with Crippen LogP contribution in [0.15, 0.2) is 42.5 Å². The van der Waals surface area contributed by atoms with Crippen molar-refractivity contribution >= 4 is 11.4 Å². The number of anilines is 1. The Morgan fingerprint density at radius 3 is 2.57 bits per heavy atom. The molecular formula is C15H14N4O2. The first-order valence-corrected chi connectivity index (χ1v) is 6.35. The molecular weight excluding hydrogens is 268 g/mol. The van der Waals surface area contributed by atoms with Crippen LogP contribution in [-0.2, 0) is 13.1 Å². The Hall–Kier alpha value is -2.91. The molecule has 0 unspecified atom stereocenters. The van der Waals surface area contributed by atoms with Gasteiger partial charge in [-0.15, -0.1) is 0 Å². The van der Waals surface area contributed by atoms with Gasteiger partial charge < -0.3 is 11.1 Å². The van der Waals surface area contributed by atoms with E-state index in [4.69, 9.17) is 11.0 Å². The molecule has 0 aromatic heterocycles. The van der Waals surface area contributed by atoms with Gasteiger partial charge in [0, 0.05) is 25.2 Å². The van der Waals surface area contributed by atoms with Crippen molar-refractivity contribution in [1.82, 2.24) is 0 Å². The van der Waals surface area contributed by atoms with E-state index in [1.165, 1.54) is 12.1 Å². The molecule has 0 atom stereocenters. The molecule has 3 N–H and O–H groups in total. The second kappa shape index (κ2) is 6.50. The van der Waals surface area contributed by atoms with Crippen LogP contribution in [0.25, 0.3) is 0 Å². The number of rotatable bonds is 5. The molecule has 21 heavy (non-hydrogen) atoms. The van der Waals surface area contributed by atoms with E-state index in [-0.39, 0.29) is 11.3 Å². The molecule has 6 nitrogen and oxygen atoms in total. The van der Waals surface area contributed by atoms with Gasteiger partial charge in [-0.1, -0.05) is 24.3 Å². The Bertz CT molecular complexity index is 707. The molecule has 0 aliphatic heterocycles. The quantitative estimate of drug-likeness (QED) is 0.647. The summed E-state index contributed by atoms with van der Waals surface area (Å²) in [6.45, 7) is 0.934. The average Bonchev–Trinajstić information content (AvgIpc) is 2.52. The smallest absolute Gasteiger partial charge is 0.270 e. The van der Waals surface area contributed by atoms with Gasteiger partial charge in [-0.3, -0.25) is 10.1 Å². The summed E-state index contributed by atoms with van der Waals surface area (Å²) in [5.74, 6) is 0. The second-order valence-electron chi connectivity index (χ2n) is 4.43. The van der Waals surface area contributed by atoms with Crippen LogP contribution in [-0.4, -0.2) is 4.92 Å². The van der Waals surface area contributed by atoms with Gasteiger partial charge in [0.05, 0.1) is 16.2 Å². The molecule has 0 amide bonds. The Morgan fingerprint density at radius 2 is 1.95 bits per heavy atom. The third kappa shape index (κ3) is 3.35. The molecule has 0 radical (unpaired) electrons. The number of non-ortho nitro benzene ring substituents is 1. The number of hydrogen-bond acceptors (Lipinski definition) is 5. The molecule has 0 bridgehead atoms. The summed E-state index contributed by atoms with van der Waals surface area (Å²) in [5, 5.41) is 22.9. The molecule has 0 fully saturated rings. The van der Waals surface area contributed by atoms with Gasteiger partial charge in [0.1, 0.15) is 6.07 Å². The van der Waals surface area contributed by atoms with Gasteiger partial charge in [0.15, 0.2) is 0 Å². The topological polar surface area (TPSA) is 105 Å². The van der Waals surface area contributed by atoms with E-state index in [0.29, 0.717) is 18.8 Å². The summed E-state index contributed by atoms with van der Waals surface area (Å²) in [5.41, 5.74) is 8.43. The molecule has 0 heterocycles. The average molecular weight is 282 g/mol. The van der Waals surface area contributed by atoms with Crippen molar-refractivity contribution < 1.29 is 4.92 Å². The maximum atomic E-state index is 10.7. The highest BCUT2D eigenvalue weighted by molar-refractivity contribution is 5.61. The normalized spacial score (nSPS) is 9.90. The summed E-state index contributed by atoms with van der Waals surface area (Å²) in [6.07, 6.45) is 0. The highest BCUT2D eigenvalue weighted by Gasteiger charge is 2.10. The zero-order chi connectivity index (χ0) is 15.2. The molecule has 0 aliphatic carbocycles. The Kier molecular flexibility index (Phi) is 4.49. The lowest BCUT2D eigenvalue weighted by Crippen LogP contribution is -2.07. The maximum Gasteiger partial charge on any atom is 0.270 e. The lowest BCUT2D eigenvalue weighted by atomic mass is 10.1. The monoisotopic (exact) mass is 282 g/mol. The van der Waals surface area contributed by atoms with Crippen LogP contribution in [0.3, 0.4) is 0 Å². The fraction of sp³-hybridized carbons (Fsp3) is 0.133. The third-order valence-corrected chi connectivity index (χ3v) is 3.14. The third-order valence-electron chi connectivity index (χ3n) is 3.14. The largest absolute Gasteiger partial charge is 0.380 e. The van der Waals surface area contributed by atoms with E-state index in [2.05, 4.69) is 5.32 Å². The number of nitriles is 1. The van der Waals surface area contributed by atoms with Crippen LogP contribution in [0.4, 0.5) is 11.4 Å². The standard InChI is InChI=1S/C15H14N4O2/c16-8-11-3-1-2-4-12(11)10-18-15-6-5-14(19(20)21)7-13(15)9-17/h1-7,18H,8,10,16H2. The predicted molar refractivity (Wildman–Crippen MR) is 79.5 cm³/mol. The predicted octanol–water partition coefficient (Wildman–Crippen LogP) is 2.54. The van der Waals surface area contributed by atoms with Crippen molar-refractivity contribution in [1.29, 1.82) is 5.26 Å². The van der Waals surface area contributed by atoms with E-state index in [1.54, 1.807) is 6.07 Å². The van der Waals surface area contributed by atoms with E-state index in [1.807, 2.05) is 30.3 Å². The van der Waals surface area contributed by atoms with Crippen LogP contribution in [0.5, 0.6) is 0 Å². The van der Waals surface area contributed by atoms with Crippen LogP contribution >= 0.6 is 0 Å². The van der Waals surface area contributed by atoms with Gasteiger partial charge >= 0.3 is 0 Å². The van der Waals surface area contributed by atoms with E-state index in [9.17, 15) is 10.1 Å². The number of nitrogens with zero attached hydrogens (tertiary/aromatic N) is 2. The molecule has 6 heteroatoms. The highest BCUT2D eigenvalue weighted by atomic mass is 16.6. The summed E-state index contributed by atoms with van der Waals surface area (Å²) in [6, 6.07) is 13.9. The lowest BCUT2D eigenvalue weighted by Gasteiger charge is -2.11. The Labute approximate surface area is 122 Å². The maximum absolute atomic E-state index is 10.7. The number of nitrogens with two attached hydrogens (primary N) is 1. The van der Waals surface area contributed by atoms with Crippen molar-refractivity contribution in [3.8, 4) is 6.07 Å². The minimum atomic E-state index is -0.520. The van der Waals surface area contributed by atoms with Crippen molar-refractivity contribution in [3.63, 3.8) is 0 Å².